The van der Waals surface area contributed by atoms with Crippen LogP contribution in [0.2, 0.25) is 0 Å². The van der Waals surface area contributed by atoms with Crippen LogP contribution in [-0.4, -0.2) is 45.3 Å². The van der Waals surface area contributed by atoms with Gasteiger partial charge in [0, 0.05) is 20.2 Å². The molecule has 0 fully saturated rings. The molecule has 3 nitrogen and oxygen atoms in total. The SMILES string of the molecule is COCCN(C)CCCNCc1ccc(F)cc1. The molecule has 102 valence electrons. The molecule has 0 saturated carbocycles. The van der Waals surface area contributed by atoms with Crippen molar-refractivity contribution in [2.75, 3.05) is 40.4 Å². The highest BCUT2D eigenvalue weighted by Gasteiger charge is 1.97. The number of hydrogen-bond donors (Lipinski definition) is 1. The number of halogens is 1. The van der Waals surface area contributed by atoms with E-state index in [1.165, 1.54) is 12.1 Å². The highest BCUT2D eigenvalue weighted by molar-refractivity contribution is 5.15. The van der Waals surface area contributed by atoms with Crippen LogP contribution in [0, 0.1) is 5.82 Å². The molecule has 18 heavy (non-hydrogen) atoms. The topological polar surface area (TPSA) is 24.5 Å². The third-order valence-electron chi connectivity index (χ3n) is 2.81. The molecule has 0 bridgehead atoms. The van der Waals surface area contributed by atoms with Crippen molar-refractivity contribution in [3.8, 4) is 0 Å². The minimum absolute atomic E-state index is 0.182. The van der Waals surface area contributed by atoms with Crippen molar-refractivity contribution in [2.24, 2.45) is 0 Å². The number of nitrogens with one attached hydrogen (secondary N) is 1. The predicted molar refractivity (Wildman–Crippen MR) is 72.1 cm³/mol. The van der Waals surface area contributed by atoms with Crippen LogP contribution in [0.5, 0.6) is 0 Å². The summed E-state index contributed by atoms with van der Waals surface area (Å²) in [5, 5.41) is 3.35. The van der Waals surface area contributed by atoms with Crippen LogP contribution in [0.15, 0.2) is 24.3 Å². The van der Waals surface area contributed by atoms with Gasteiger partial charge in [0.2, 0.25) is 0 Å². The van der Waals surface area contributed by atoms with Gasteiger partial charge in [-0.05, 0) is 44.3 Å². The van der Waals surface area contributed by atoms with Crippen LogP contribution in [0.25, 0.3) is 0 Å². The molecule has 0 aliphatic carbocycles. The van der Waals surface area contributed by atoms with Gasteiger partial charge in [0.1, 0.15) is 5.82 Å². The first kappa shape index (κ1) is 15.1. The van der Waals surface area contributed by atoms with E-state index < -0.39 is 0 Å². The first-order valence-corrected chi connectivity index (χ1v) is 6.35. The Kier molecular flexibility index (Phi) is 7.57. The first-order valence-electron chi connectivity index (χ1n) is 6.35. The van der Waals surface area contributed by atoms with E-state index in [4.69, 9.17) is 4.74 Å². The van der Waals surface area contributed by atoms with E-state index in [1.807, 2.05) is 12.1 Å². The Labute approximate surface area is 109 Å². The Morgan fingerprint density at radius 2 is 1.94 bits per heavy atom. The molecule has 0 spiro atoms. The number of likely N-dealkylation sites (N-methyl/N-ethyl adjacent to an activating group) is 1. The zero-order valence-corrected chi connectivity index (χ0v) is 11.3. The molecule has 4 heteroatoms. The number of hydrogen-bond acceptors (Lipinski definition) is 3. The summed E-state index contributed by atoms with van der Waals surface area (Å²) in [6.07, 6.45) is 1.10. The van der Waals surface area contributed by atoms with Gasteiger partial charge >= 0.3 is 0 Å². The number of nitrogens with zero attached hydrogens (tertiary/aromatic N) is 1. The Bertz CT molecular complexity index is 316. The second-order valence-corrected chi connectivity index (χ2v) is 4.45. The second kappa shape index (κ2) is 9.03. The number of methoxy groups -OCH3 is 1. The predicted octanol–water partition coefficient (Wildman–Crippen LogP) is 1.88. The average molecular weight is 254 g/mol. The molecule has 1 aromatic rings. The molecule has 0 unspecified atom stereocenters. The van der Waals surface area contributed by atoms with E-state index in [-0.39, 0.29) is 5.82 Å². The molecule has 0 amide bonds. The van der Waals surface area contributed by atoms with Crippen molar-refractivity contribution in [2.45, 2.75) is 13.0 Å². The normalized spacial score (nSPS) is 11.1. The van der Waals surface area contributed by atoms with Gasteiger partial charge in [-0.15, -0.1) is 0 Å². The van der Waals surface area contributed by atoms with E-state index in [0.717, 1.165) is 44.8 Å². The zero-order valence-electron chi connectivity index (χ0n) is 11.3. The minimum atomic E-state index is -0.182. The largest absolute Gasteiger partial charge is 0.383 e. The summed E-state index contributed by atoms with van der Waals surface area (Å²) in [6.45, 7) is 4.56. The van der Waals surface area contributed by atoms with E-state index in [1.54, 1.807) is 7.11 Å². The fraction of sp³-hybridized carbons (Fsp3) is 0.571. The van der Waals surface area contributed by atoms with Crippen LogP contribution in [0.1, 0.15) is 12.0 Å². The third-order valence-corrected chi connectivity index (χ3v) is 2.81. The van der Waals surface area contributed by atoms with Crippen LogP contribution >= 0.6 is 0 Å². The van der Waals surface area contributed by atoms with Crippen LogP contribution in [0.3, 0.4) is 0 Å². The minimum Gasteiger partial charge on any atom is -0.383 e. The van der Waals surface area contributed by atoms with E-state index in [9.17, 15) is 4.39 Å². The van der Waals surface area contributed by atoms with Crippen molar-refractivity contribution >= 4 is 0 Å². The van der Waals surface area contributed by atoms with Crippen molar-refractivity contribution in [1.82, 2.24) is 10.2 Å². The maximum Gasteiger partial charge on any atom is 0.123 e. The lowest BCUT2D eigenvalue weighted by atomic mass is 10.2. The van der Waals surface area contributed by atoms with E-state index >= 15 is 0 Å². The molecular formula is C14H23FN2O. The molecule has 0 aliphatic rings. The smallest absolute Gasteiger partial charge is 0.123 e. The maximum absolute atomic E-state index is 12.7. The highest BCUT2D eigenvalue weighted by atomic mass is 19.1. The third kappa shape index (κ3) is 6.69. The standard InChI is InChI=1S/C14H23FN2O/c1-17(10-11-18-2)9-3-8-16-12-13-4-6-14(15)7-5-13/h4-7,16H,3,8-12H2,1-2H3. The second-order valence-electron chi connectivity index (χ2n) is 4.45. The number of benzene rings is 1. The molecule has 0 saturated heterocycles. The van der Waals surface area contributed by atoms with Crippen molar-refractivity contribution in [3.05, 3.63) is 35.6 Å². The van der Waals surface area contributed by atoms with Gasteiger partial charge in [-0.1, -0.05) is 12.1 Å². The summed E-state index contributed by atoms with van der Waals surface area (Å²) in [4.78, 5) is 2.25. The maximum atomic E-state index is 12.7. The molecule has 0 aromatic heterocycles. The zero-order chi connectivity index (χ0) is 13.2. The van der Waals surface area contributed by atoms with Crippen LogP contribution < -0.4 is 5.32 Å². The lowest BCUT2D eigenvalue weighted by Gasteiger charge is -2.15. The van der Waals surface area contributed by atoms with Gasteiger partial charge in [0.25, 0.3) is 0 Å². The monoisotopic (exact) mass is 254 g/mol. The first-order chi connectivity index (χ1) is 8.72. The van der Waals surface area contributed by atoms with Gasteiger partial charge in [-0.2, -0.15) is 0 Å². The molecular weight excluding hydrogens is 231 g/mol. The lowest BCUT2D eigenvalue weighted by molar-refractivity contribution is 0.160. The summed E-state index contributed by atoms with van der Waals surface area (Å²) < 4.78 is 17.7. The summed E-state index contributed by atoms with van der Waals surface area (Å²) in [5.74, 6) is -0.182. The van der Waals surface area contributed by atoms with Crippen molar-refractivity contribution in [3.63, 3.8) is 0 Å². The van der Waals surface area contributed by atoms with Crippen molar-refractivity contribution in [1.29, 1.82) is 0 Å². The highest BCUT2D eigenvalue weighted by Crippen LogP contribution is 2.01. The van der Waals surface area contributed by atoms with Crippen molar-refractivity contribution < 1.29 is 9.13 Å². The molecule has 1 rings (SSSR count). The molecule has 1 aromatic carbocycles. The fourth-order valence-electron chi connectivity index (χ4n) is 1.67. The lowest BCUT2D eigenvalue weighted by Crippen LogP contribution is -2.26. The average Bonchev–Trinajstić information content (AvgIpc) is 2.38. The number of ether oxygens (including phenoxy) is 1. The van der Waals surface area contributed by atoms with E-state index in [2.05, 4.69) is 17.3 Å². The molecule has 0 heterocycles. The van der Waals surface area contributed by atoms with Gasteiger partial charge in [-0.25, -0.2) is 4.39 Å². The van der Waals surface area contributed by atoms with Gasteiger partial charge < -0.3 is 15.0 Å². The molecule has 0 radical (unpaired) electrons. The van der Waals surface area contributed by atoms with E-state index in [0.29, 0.717) is 0 Å². The summed E-state index contributed by atoms with van der Waals surface area (Å²) in [5.41, 5.74) is 1.11. The van der Waals surface area contributed by atoms with Gasteiger partial charge in [-0.3, -0.25) is 0 Å². The quantitative estimate of drug-likeness (QED) is 0.681. The Morgan fingerprint density at radius 3 is 2.61 bits per heavy atom. The Balaban J connectivity index is 2.03. The van der Waals surface area contributed by atoms with Crippen LogP contribution in [-0.2, 0) is 11.3 Å². The van der Waals surface area contributed by atoms with Gasteiger partial charge in [0.15, 0.2) is 0 Å². The Hall–Kier alpha value is -0.970. The summed E-state index contributed by atoms with van der Waals surface area (Å²) >= 11 is 0. The van der Waals surface area contributed by atoms with Crippen LogP contribution in [0.4, 0.5) is 4.39 Å². The Morgan fingerprint density at radius 1 is 1.22 bits per heavy atom. The number of rotatable bonds is 9. The van der Waals surface area contributed by atoms with Gasteiger partial charge in [0.05, 0.1) is 6.61 Å². The molecule has 1 N–H and O–H groups in total. The fourth-order valence-corrected chi connectivity index (χ4v) is 1.67. The molecule has 0 aliphatic heterocycles. The molecule has 0 atom stereocenters. The summed E-state index contributed by atoms with van der Waals surface area (Å²) in [6, 6.07) is 6.62. The summed E-state index contributed by atoms with van der Waals surface area (Å²) in [7, 11) is 3.82.